The van der Waals surface area contributed by atoms with Gasteiger partial charge < -0.3 is 10.2 Å². The fourth-order valence-corrected chi connectivity index (χ4v) is 1.94. The van der Waals surface area contributed by atoms with Gasteiger partial charge in [0.15, 0.2) is 0 Å². The minimum atomic E-state index is 0.0498. The molecular formula is C9H10BrN3O. The van der Waals surface area contributed by atoms with Gasteiger partial charge in [-0.3, -0.25) is 4.79 Å². The van der Waals surface area contributed by atoms with Crippen molar-refractivity contribution in [3.63, 3.8) is 0 Å². The Morgan fingerprint density at radius 2 is 2.43 bits per heavy atom. The zero-order valence-corrected chi connectivity index (χ0v) is 9.12. The normalized spacial score (nSPS) is 16.6. The first-order chi connectivity index (χ1) is 6.77. The van der Waals surface area contributed by atoms with Crippen molar-refractivity contribution in [2.24, 2.45) is 0 Å². The van der Waals surface area contributed by atoms with Crippen molar-refractivity contribution in [3.05, 3.63) is 22.8 Å². The van der Waals surface area contributed by atoms with Crippen molar-refractivity contribution in [2.75, 3.05) is 24.5 Å². The topological polar surface area (TPSA) is 45.2 Å². The molecule has 1 aromatic heterocycles. The standard InChI is InChI=1S/C9H10BrN3O/c10-7-2-1-3-12-9(7)13-5-4-11-8(14)6-13/h1-3H,4-6H2,(H,11,14). The Bertz CT molecular complexity index is 356. The third kappa shape index (κ3) is 1.87. The van der Waals surface area contributed by atoms with Crippen LogP contribution in [-0.4, -0.2) is 30.5 Å². The Balaban J connectivity index is 2.22. The van der Waals surface area contributed by atoms with E-state index < -0.39 is 0 Å². The number of carbonyl (C=O) groups is 1. The van der Waals surface area contributed by atoms with Gasteiger partial charge in [-0.1, -0.05) is 0 Å². The maximum Gasteiger partial charge on any atom is 0.239 e. The van der Waals surface area contributed by atoms with Gasteiger partial charge in [-0.15, -0.1) is 0 Å². The molecule has 5 heteroatoms. The van der Waals surface area contributed by atoms with Gasteiger partial charge in [0.05, 0.1) is 11.0 Å². The first-order valence-electron chi connectivity index (χ1n) is 4.39. The quantitative estimate of drug-likeness (QED) is 0.807. The summed E-state index contributed by atoms with van der Waals surface area (Å²) >= 11 is 3.42. The largest absolute Gasteiger partial charge is 0.353 e. The molecule has 1 saturated heterocycles. The second-order valence-electron chi connectivity index (χ2n) is 3.08. The monoisotopic (exact) mass is 255 g/mol. The molecule has 1 aliphatic rings. The Labute approximate surface area is 90.4 Å². The molecule has 2 rings (SSSR count). The Kier molecular flexibility index (Phi) is 2.67. The molecule has 2 heterocycles. The minimum Gasteiger partial charge on any atom is -0.353 e. The molecule has 1 N–H and O–H groups in total. The summed E-state index contributed by atoms with van der Waals surface area (Å²) < 4.78 is 0.926. The van der Waals surface area contributed by atoms with E-state index in [1.54, 1.807) is 6.20 Å². The summed E-state index contributed by atoms with van der Waals surface area (Å²) in [5, 5.41) is 2.78. The Morgan fingerprint density at radius 1 is 1.57 bits per heavy atom. The van der Waals surface area contributed by atoms with Crippen molar-refractivity contribution >= 4 is 27.7 Å². The van der Waals surface area contributed by atoms with Crippen LogP contribution < -0.4 is 10.2 Å². The lowest BCUT2D eigenvalue weighted by atomic mass is 10.3. The SMILES string of the molecule is O=C1CN(c2ncccc2Br)CCN1. The van der Waals surface area contributed by atoms with Crippen LogP contribution in [0.3, 0.4) is 0 Å². The van der Waals surface area contributed by atoms with E-state index in [4.69, 9.17) is 0 Å². The summed E-state index contributed by atoms with van der Waals surface area (Å²) in [6, 6.07) is 3.78. The molecular weight excluding hydrogens is 246 g/mol. The number of halogens is 1. The summed E-state index contributed by atoms with van der Waals surface area (Å²) in [4.78, 5) is 17.4. The van der Waals surface area contributed by atoms with Crippen molar-refractivity contribution in [2.45, 2.75) is 0 Å². The third-order valence-electron chi connectivity index (χ3n) is 2.08. The summed E-state index contributed by atoms with van der Waals surface area (Å²) in [5.41, 5.74) is 0. The number of nitrogens with zero attached hydrogens (tertiary/aromatic N) is 2. The molecule has 0 aromatic carbocycles. The van der Waals surface area contributed by atoms with Crippen molar-refractivity contribution in [1.29, 1.82) is 0 Å². The number of pyridine rings is 1. The average Bonchev–Trinajstić information content (AvgIpc) is 2.18. The molecule has 0 unspecified atom stereocenters. The zero-order chi connectivity index (χ0) is 9.97. The van der Waals surface area contributed by atoms with Crippen LogP contribution in [0.2, 0.25) is 0 Å². The third-order valence-corrected chi connectivity index (χ3v) is 2.70. The maximum absolute atomic E-state index is 11.2. The van der Waals surface area contributed by atoms with Crippen molar-refractivity contribution < 1.29 is 4.79 Å². The molecule has 0 radical (unpaired) electrons. The molecule has 74 valence electrons. The van der Waals surface area contributed by atoms with Gasteiger partial charge in [0.25, 0.3) is 0 Å². The van der Waals surface area contributed by atoms with Crippen molar-refractivity contribution in [1.82, 2.24) is 10.3 Å². The van der Waals surface area contributed by atoms with Gasteiger partial charge in [0.2, 0.25) is 5.91 Å². The molecule has 0 spiro atoms. The molecule has 0 bridgehead atoms. The van der Waals surface area contributed by atoms with E-state index in [9.17, 15) is 4.79 Å². The van der Waals surface area contributed by atoms with E-state index in [2.05, 4.69) is 26.2 Å². The van der Waals surface area contributed by atoms with Crippen LogP contribution in [0.5, 0.6) is 0 Å². The molecule has 14 heavy (non-hydrogen) atoms. The van der Waals surface area contributed by atoms with E-state index >= 15 is 0 Å². The molecule has 1 aliphatic heterocycles. The van der Waals surface area contributed by atoms with Gasteiger partial charge in [0.1, 0.15) is 5.82 Å². The molecule has 0 aliphatic carbocycles. The fourth-order valence-electron chi connectivity index (χ4n) is 1.43. The number of carbonyl (C=O) groups excluding carboxylic acids is 1. The number of amides is 1. The average molecular weight is 256 g/mol. The second-order valence-corrected chi connectivity index (χ2v) is 3.93. The zero-order valence-electron chi connectivity index (χ0n) is 7.53. The molecule has 1 aromatic rings. The molecule has 0 atom stereocenters. The van der Waals surface area contributed by atoms with Crippen LogP contribution in [-0.2, 0) is 4.79 Å². The van der Waals surface area contributed by atoms with Crippen LogP contribution >= 0.6 is 15.9 Å². The van der Waals surface area contributed by atoms with Crippen LogP contribution in [0.4, 0.5) is 5.82 Å². The summed E-state index contributed by atoms with van der Waals surface area (Å²) in [6.07, 6.45) is 1.73. The number of hydrogen-bond acceptors (Lipinski definition) is 3. The van der Waals surface area contributed by atoms with E-state index in [1.165, 1.54) is 0 Å². The summed E-state index contributed by atoms with van der Waals surface area (Å²) in [5.74, 6) is 0.885. The van der Waals surface area contributed by atoms with Crippen LogP contribution in [0.1, 0.15) is 0 Å². The van der Waals surface area contributed by atoms with E-state index in [0.717, 1.165) is 16.8 Å². The molecule has 4 nitrogen and oxygen atoms in total. The highest BCUT2D eigenvalue weighted by Crippen LogP contribution is 2.22. The summed E-state index contributed by atoms with van der Waals surface area (Å²) in [7, 11) is 0. The van der Waals surface area contributed by atoms with Gasteiger partial charge in [-0.05, 0) is 28.1 Å². The predicted octanol–water partition coefficient (Wildman–Crippen LogP) is 0.780. The minimum absolute atomic E-state index is 0.0498. The van der Waals surface area contributed by atoms with Gasteiger partial charge >= 0.3 is 0 Å². The lowest BCUT2D eigenvalue weighted by Gasteiger charge is -2.28. The number of nitrogens with one attached hydrogen (secondary N) is 1. The molecule has 0 saturated carbocycles. The highest BCUT2D eigenvalue weighted by molar-refractivity contribution is 9.10. The van der Waals surface area contributed by atoms with Gasteiger partial charge in [-0.2, -0.15) is 0 Å². The lowest BCUT2D eigenvalue weighted by Crippen LogP contribution is -2.48. The van der Waals surface area contributed by atoms with Crippen LogP contribution in [0, 0.1) is 0 Å². The number of aromatic nitrogens is 1. The highest BCUT2D eigenvalue weighted by Gasteiger charge is 2.18. The fraction of sp³-hybridized carbons (Fsp3) is 0.333. The number of piperazine rings is 1. The molecule has 1 fully saturated rings. The second kappa shape index (κ2) is 3.96. The summed E-state index contributed by atoms with van der Waals surface area (Å²) in [6.45, 7) is 1.87. The van der Waals surface area contributed by atoms with E-state index in [1.807, 2.05) is 17.0 Å². The first kappa shape index (κ1) is 9.45. The number of anilines is 1. The highest BCUT2D eigenvalue weighted by atomic mass is 79.9. The van der Waals surface area contributed by atoms with E-state index in [0.29, 0.717) is 13.1 Å². The Morgan fingerprint density at radius 3 is 3.14 bits per heavy atom. The number of rotatable bonds is 1. The number of hydrogen-bond donors (Lipinski definition) is 1. The van der Waals surface area contributed by atoms with Crippen LogP contribution in [0.25, 0.3) is 0 Å². The van der Waals surface area contributed by atoms with Gasteiger partial charge in [-0.25, -0.2) is 4.98 Å². The smallest absolute Gasteiger partial charge is 0.239 e. The Hall–Kier alpha value is -1.10. The lowest BCUT2D eigenvalue weighted by molar-refractivity contribution is -0.120. The van der Waals surface area contributed by atoms with Crippen LogP contribution in [0.15, 0.2) is 22.8 Å². The first-order valence-corrected chi connectivity index (χ1v) is 5.19. The van der Waals surface area contributed by atoms with Crippen molar-refractivity contribution in [3.8, 4) is 0 Å². The van der Waals surface area contributed by atoms with E-state index in [-0.39, 0.29) is 5.91 Å². The maximum atomic E-state index is 11.2. The molecule has 1 amide bonds. The predicted molar refractivity (Wildman–Crippen MR) is 57.2 cm³/mol. The van der Waals surface area contributed by atoms with Gasteiger partial charge in [0, 0.05) is 19.3 Å².